The van der Waals surface area contributed by atoms with Crippen molar-refractivity contribution < 1.29 is 14.3 Å². The fourth-order valence-corrected chi connectivity index (χ4v) is 4.44. The van der Waals surface area contributed by atoms with Crippen molar-refractivity contribution in [2.75, 3.05) is 19.7 Å². The van der Waals surface area contributed by atoms with Crippen LogP contribution in [0.5, 0.6) is 5.75 Å². The first-order valence-electron chi connectivity index (χ1n) is 10.6. The van der Waals surface area contributed by atoms with Crippen LogP contribution in [0.3, 0.4) is 0 Å². The van der Waals surface area contributed by atoms with Gasteiger partial charge in [0.25, 0.3) is 5.91 Å². The number of pyridine rings is 1. The van der Waals surface area contributed by atoms with Crippen LogP contribution in [0.25, 0.3) is 0 Å². The zero-order valence-electron chi connectivity index (χ0n) is 17.9. The van der Waals surface area contributed by atoms with E-state index in [4.69, 9.17) is 4.74 Å². The number of aromatic nitrogens is 1. The Morgan fingerprint density at radius 3 is 2.69 bits per heavy atom. The fourth-order valence-electron chi connectivity index (χ4n) is 3.46. The Bertz CT molecular complexity index is 1100. The Morgan fingerprint density at radius 2 is 1.84 bits per heavy atom. The van der Waals surface area contributed by atoms with Gasteiger partial charge in [0.05, 0.1) is 12.1 Å². The second-order valence-corrected chi connectivity index (χ2v) is 8.56. The van der Waals surface area contributed by atoms with Gasteiger partial charge in [-0.3, -0.25) is 9.59 Å². The maximum atomic E-state index is 12.8. The molecule has 0 spiro atoms. The van der Waals surface area contributed by atoms with Gasteiger partial charge in [0.2, 0.25) is 5.91 Å². The van der Waals surface area contributed by atoms with Crippen LogP contribution in [-0.2, 0) is 11.3 Å². The molecule has 1 aromatic heterocycles. The summed E-state index contributed by atoms with van der Waals surface area (Å²) < 4.78 is 5.73. The van der Waals surface area contributed by atoms with Crippen LogP contribution in [0.15, 0.2) is 76.7 Å². The molecule has 6 nitrogen and oxygen atoms in total. The molecule has 0 saturated heterocycles. The first-order chi connectivity index (χ1) is 15.6. The first kappa shape index (κ1) is 21.9. The van der Waals surface area contributed by atoms with Gasteiger partial charge in [-0.05, 0) is 37.3 Å². The van der Waals surface area contributed by atoms with E-state index in [0.717, 1.165) is 21.9 Å². The molecular formula is C25H25N3O3S. The van der Waals surface area contributed by atoms with Crippen LogP contribution in [0.1, 0.15) is 28.0 Å². The zero-order chi connectivity index (χ0) is 22.3. The monoisotopic (exact) mass is 447 g/mol. The molecule has 0 radical (unpaired) electrons. The summed E-state index contributed by atoms with van der Waals surface area (Å²) in [6.07, 6.45) is 0.231. The second-order valence-electron chi connectivity index (χ2n) is 7.50. The van der Waals surface area contributed by atoms with E-state index >= 15 is 0 Å². The number of carbonyl (C=O) groups excluding carboxylic acids is 2. The molecule has 32 heavy (non-hydrogen) atoms. The number of fused-ring (bicyclic) bond motifs is 1. The third kappa shape index (κ3) is 5.48. The highest BCUT2D eigenvalue weighted by Crippen LogP contribution is 2.29. The van der Waals surface area contributed by atoms with Crippen molar-refractivity contribution in [3.8, 4) is 5.75 Å². The van der Waals surface area contributed by atoms with Gasteiger partial charge < -0.3 is 15.0 Å². The molecule has 0 fully saturated rings. The van der Waals surface area contributed by atoms with E-state index in [1.807, 2.05) is 67.6 Å². The normalized spacial score (nSPS) is 13.0. The average Bonchev–Trinajstić information content (AvgIpc) is 3.02. The smallest absolute Gasteiger partial charge is 0.254 e. The molecule has 1 aliphatic rings. The van der Waals surface area contributed by atoms with Gasteiger partial charge in [-0.15, -0.1) is 0 Å². The summed E-state index contributed by atoms with van der Waals surface area (Å²) in [5.74, 6) is 0.589. The molecule has 1 N–H and O–H groups in total. The van der Waals surface area contributed by atoms with E-state index < -0.39 is 0 Å². The average molecular weight is 448 g/mol. The number of hydrogen-bond acceptors (Lipinski definition) is 5. The number of para-hydroxylation sites is 1. The van der Waals surface area contributed by atoms with E-state index in [2.05, 4.69) is 10.3 Å². The second kappa shape index (κ2) is 10.3. The molecule has 1 aliphatic heterocycles. The molecule has 2 aromatic carbocycles. The van der Waals surface area contributed by atoms with Crippen LogP contribution in [0, 0.1) is 6.92 Å². The van der Waals surface area contributed by atoms with Gasteiger partial charge in [0.15, 0.2) is 0 Å². The molecule has 4 rings (SSSR count). The number of amides is 2. The third-order valence-electron chi connectivity index (χ3n) is 5.13. The lowest BCUT2D eigenvalue weighted by Crippen LogP contribution is -2.35. The van der Waals surface area contributed by atoms with Gasteiger partial charge in [0, 0.05) is 35.7 Å². The standard InChI is InChI=1S/C25H25N3O3S/c1-18-11-12-21(25(27-18)32-20-8-3-2-4-9-20)24(30)26-14-13-23(29)28-15-16-31-22-10-6-5-7-19(22)17-28/h2-12H,13-17H2,1H3,(H,26,30). The van der Waals surface area contributed by atoms with Crippen molar-refractivity contribution in [3.63, 3.8) is 0 Å². The Kier molecular flexibility index (Phi) is 7.07. The van der Waals surface area contributed by atoms with Crippen molar-refractivity contribution in [3.05, 3.63) is 83.6 Å². The lowest BCUT2D eigenvalue weighted by Gasteiger charge is -2.20. The van der Waals surface area contributed by atoms with Crippen molar-refractivity contribution in [2.45, 2.75) is 29.8 Å². The number of nitrogens with zero attached hydrogens (tertiary/aromatic N) is 2. The minimum atomic E-state index is -0.228. The fraction of sp³-hybridized carbons (Fsp3) is 0.240. The van der Waals surface area contributed by atoms with Crippen molar-refractivity contribution in [1.82, 2.24) is 15.2 Å². The topological polar surface area (TPSA) is 71.5 Å². The number of rotatable bonds is 6. The Hall–Kier alpha value is -3.32. The maximum absolute atomic E-state index is 12.8. The molecule has 2 heterocycles. The highest BCUT2D eigenvalue weighted by atomic mass is 32.2. The predicted octanol–water partition coefficient (Wildman–Crippen LogP) is 4.08. The van der Waals surface area contributed by atoms with Gasteiger partial charge in [0.1, 0.15) is 17.4 Å². The zero-order valence-corrected chi connectivity index (χ0v) is 18.7. The van der Waals surface area contributed by atoms with E-state index in [1.54, 1.807) is 11.0 Å². The van der Waals surface area contributed by atoms with Crippen LogP contribution in [-0.4, -0.2) is 41.4 Å². The van der Waals surface area contributed by atoms with E-state index in [9.17, 15) is 9.59 Å². The van der Waals surface area contributed by atoms with Gasteiger partial charge in [-0.1, -0.05) is 48.2 Å². The summed E-state index contributed by atoms with van der Waals surface area (Å²) in [7, 11) is 0. The Morgan fingerprint density at radius 1 is 1.06 bits per heavy atom. The molecule has 164 valence electrons. The maximum Gasteiger partial charge on any atom is 0.254 e. The van der Waals surface area contributed by atoms with Crippen LogP contribution < -0.4 is 10.1 Å². The van der Waals surface area contributed by atoms with Crippen molar-refractivity contribution in [1.29, 1.82) is 0 Å². The molecule has 7 heteroatoms. The van der Waals surface area contributed by atoms with Gasteiger partial charge in [-0.25, -0.2) is 4.98 Å². The number of carbonyl (C=O) groups is 2. The van der Waals surface area contributed by atoms with Gasteiger partial charge in [-0.2, -0.15) is 0 Å². The first-order valence-corrected chi connectivity index (χ1v) is 11.4. The number of aryl methyl sites for hydroxylation is 1. The highest BCUT2D eigenvalue weighted by Gasteiger charge is 2.20. The third-order valence-corrected chi connectivity index (χ3v) is 6.14. The lowest BCUT2D eigenvalue weighted by molar-refractivity contribution is -0.131. The summed E-state index contributed by atoms with van der Waals surface area (Å²) in [6, 6.07) is 21.2. The number of hydrogen-bond donors (Lipinski definition) is 1. The van der Waals surface area contributed by atoms with E-state index in [1.165, 1.54) is 11.8 Å². The van der Waals surface area contributed by atoms with E-state index in [-0.39, 0.29) is 24.8 Å². The summed E-state index contributed by atoms with van der Waals surface area (Å²) >= 11 is 1.45. The summed E-state index contributed by atoms with van der Waals surface area (Å²) in [4.78, 5) is 32.9. The molecule has 0 bridgehead atoms. The Labute approximate surface area is 192 Å². The minimum Gasteiger partial charge on any atom is -0.491 e. The SMILES string of the molecule is Cc1ccc(C(=O)NCCC(=O)N2CCOc3ccccc3C2)c(Sc2ccccc2)n1. The number of benzene rings is 2. The summed E-state index contributed by atoms with van der Waals surface area (Å²) in [5.41, 5.74) is 2.35. The molecule has 0 atom stereocenters. The molecule has 0 unspecified atom stereocenters. The molecule has 0 saturated carbocycles. The quantitative estimate of drug-likeness (QED) is 0.617. The van der Waals surface area contributed by atoms with Crippen LogP contribution in [0.2, 0.25) is 0 Å². The minimum absolute atomic E-state index is 0.00785. The summed E-state index contributed by atoms with van der Waals surface area (Å²) in [5, 5.41) is 3.53. The van der Waals surface area contributed by atoms with Gasteiger partial charge >= 0.3 is 0 Å². The van der Waals surface area contributed by atoms with Crippen molar-refractivity contribution >= 4 is 23.6 Å². The number of nitrogens with one attached hydrogen (secondary N) is 1. The Balaban J connectivity index is 1.35. The van der Waals surface area contributed by atoms with E-state index in [0.29, 0.717) is 30.3 Å². The largest absolute Gasteiger partial charge is 0.491 e. The molecule has 0 aliphatic carbocycles. The molecule has 3 aromatic rings. The lowest BCUT2D eigenvalue weighted by atomic mass is 10.2. The summed E-state index contributed by atoms with van der Waals surface area (Å²) in [6.45, 7) is 3.67. The van der Waals surface area contributed by atoms with Crippen molar-refractivity contribution in [2.24, 2.45) is 0 Å². The number of ether oxygens (including phenoxy) is 1. The molecular weight excluding hydrogens is 422 g/mol. The highest BCUT2D eigenvalue weighted by molar-refractivity contribution is 7.99. The van der Waals surface area contributed by atoms with Crippen LogP contribution in [0.4, 0.5) is 0 Å². The van der Waals surface area contributed by atoms with Crippen LogP contribution >= 0.6 is 11.8 Å². The predicted molar refractivity (Wildman–Crippen MR) is 124 cm³/mol. The molecule has 2 amide bonds.